The van der Waals surface area contributed by atoms with E-state index in [0.717, 1.165) is 37.7 Å². The van der Waals surface area contributed by atoms with E-state index in [2.05, 4.69) is 40.2 Å². The molecule has 0 unspecified atom stereocenters. The Balaban J connectivity index is 1.82. The second-order valence-electron chi connectivity index (χ2n) is 4.07. The van der Waals surface area contributed by atoms with E-state index in [1.807, 2.05) is 12.3 Å². The predicted octanol–water partition coefficient (Wildman–Crippen LogP) is 0.824. The Morgan fingerprint density at radius 2 is 2.38 bits per heavy atom. The van der Waals surface area contributed by atoms with Gasteiger partial charge in [0, 0.05) is 38.4 Å². The molecule has 0 atom stereocenters. The Morgan fingerprint density at radius 1 is 1.50 bits per heavy atom. The van der Waals surface area contributed by atoms with Crippen LogP contribution < -0.4 is 5.32 Å². The predicted molar refractivity (Wildman–Crippen MR) is 65.6 cm³/mol. The molecule has 0 radical (unpaired) electrons. The van der Waals surface area contributed by atoms with Crippen molar-refractivity contribution in [1.29, 1.82) is 0 Å². The lowest BCUT2D eigenvalue weighted by molar-refractivity contribution is 0.534. The van der Waals surface area contributed by atoms with Crippen LogP contribution in [0.5, 0.6) is 0 Å². The highest BCUT2D eigenvalue weighted by molar-refractivity contribution is 5.81. The van der Waals surface area contributed by atoms with Crippen molar-refractivity contribution >= 4 is 5.96 Å². The van der Waals surface area contributed by atoms with Crippen LogP contribution in [0.15, 0.2) is 23.3 Å². The molecular weight excluding hydrogens is 200 g/mol. The highest BCUT2D eigenvalue weighted by atomic mass is 15.3. The van der Waals surface area contributed by atoms with E-state index in [-0.39, 0.29) is 0 Å². The van der Waals surface area contributed by atoms with Crippen molar-refractivity contribution in [1.82, 2.24) is 15.2 Å². The Hall–Kier alpha value is -1.58. The summed E-state index contributed by atoms with van der Waals surface area (Å²) in [4.78, 5) is 10.9. The Kier molecular flexibility index (Phi) is 3.39. The van der Waals surface area contributed by atoms with Crippen LogP contribution in [-0.2, 0) is 6.42 Å². The van der Waals surface area contributed by atoms with E-state index in [9.17, 15) is 0 Å². The van der Waals surface area contributed by atoms with Crippen molar-refractivity contribution in [2.75, 3.05) is 26.7 Å². The molecule has 2 heterocycles. The third-order valence-electron chi connectivity index (χ3n) is 2.82. The average Bonchev–Trinajstić information content (AvgIpc) is 2.67. The molecule has 86 valence electrons. The van der Waals surface area contributed by atoms with Crippen LogP contribution in [0.3, 0.4) is 0 Å². The van der Waals surface area contributed by atoms with Gasteiger partial charge < -0.3 is 10.2 Å². The van der Waals surface area contributed by atoms with Crippen molar-refractivity contribution in [2.45, 2.75) is 13.3 Å². The maximum Gasteiger partial charge on any atom is 0.193 e. The summed E-state index contributed by atoms with van der Waals surface area (Å²) < 4.78 is 0. The second-order valence-corrected chi connectivity index (χ2v) is 4.07. The fraction of sp³-hybridized carbons (Fsp3) is 0.500. The van der Waals surface area contributed by atoms with Crippen LogP contribution in [0, 0.1) is 6.92 Å². The van der Waals surface area contributed by atoms with Crippen molar-refractivity contribution in [3.8, 4) is 0 Å². The Morgan fingerprint density at radius 3 is 3.06 bits per heavy atom. The molecule has 0 spiro atoms. The zero-order valence-corrected chi connectivity index (χ0v) is 9.90. The molecule has 0 saturated heterocycles. The number of hydrogen-bond donors (Lipinski definition) is 1. The molecule has 1 N–H and O–H groups in total. The molecule has 4 heteroatoms. The summed E-state index contributed by atoms with van der Waals surface area (Å²) in [6.45, 7) is 4.91. The fourth-order valence-electron chi connectivity index (χ4n) is 1.80. The van der Waals surface area contributed by atoms with Crippen molar-refractivity contribution in [2.24, 2.45) is 4.99 Å². The first-order valence-electron chi connectivity index (χ1n) is 5.67. The molecule has 0 aromatic carbocycles. The molecule has 0 amide bonds. The summed E-state index contributed by atoms with van der Waals surface area (Å²) >= 11 is 0. The van der Waals surface area contributed by atoms with E-state index < -0.39 is 0 Å². The number of aryl methyl sites for hydroxylation is 1. The zero-order valence-electron chi connectivity index (χ0n) is 9.90. The molecule has 16 heavy (non-hydrogen) atoms. The zero-order chi connectivity index (χ0) is 11.4. The first-order valence-corrected chi connectivity index (χ1v) is 5.67. The van der Waals surface area contributed by atoms with Crippen molar-refractivity contribution in [3.05, 3.63) is 29.6 Å². The van der Waals surface area contributed by atoms with Gasteiger partial charge in [0.25, 0.3) is 0 Å². The molecule has 2 rings (SSSR count). The second kappa shape index (κ2) is 4.96. The molecule has 1 aliphatic heterocycles. The molecule has 0 fully saturated rings. The van der Waals surface area contributed by atoms with Gasteiger partial charge in [-0.25, -0.2) is 0 Å². The number of rotatable bonds is 3. The van der Waals surface area contributed by atoms with E-state index in [4.69, 9.17) is 0 Å². The maximum atomic E-state index is 4.38. The number of aliphatic imine (C=N–C) groups is 1. The Bertz CT molecular complexity index is 386. The molecule has 1 aromatic heterocycles. The molecule has 0 aliphatic carbocycles. The highest BCUT2D eigenvalue weighted by Gasteiger charge is 2.11. The molecule has 0 bridgehead atoms. The van der Waals surface area contributed by atoms with E-state index in [1.54, 1.807) is 0 Å². The summed E-state index contributed by atoms with van der Waals surface area (Å²) in [6.07, 6.45) is 2.79. The molecule has 1 aliphatic rings. The lowest BCUT2D eigenvalue weighted by Gasteiger charge is -2.15. The van der Waals surface area contributed by atoms with Gasteiger partial charge in [-0.15, -0.1) is 0 Å². The minimum atomic E-state index is 0.890. The van der Waals surface area contributed by atoms with E-state index >= 15 is 0 Å². The number of hydrogen-bond acceptors (Lipinski definition) is 4. The standard InChI is InChI=1S/C12H18N4/c1-10-4-3-6-13-11(10)5-7-14-12-15-8-9-16(12)2/h3-4,6H,5,7-9H2,1-2H3,(H,14,15). The van der Waals surface area contributed by atoms with Crippen LogP contribution in [-0.4, -0.2) is 42.5 Å². The molecule has 1 aromatic rings. The normalized spacial score (nSPS) is 15.1. The summed E-state index contributed by atoms with van der Waals surface area (Å²) in [7, 11) is 2.06. The van der Waals surface area contributed by atoms with Gasteiger partial charge >= 0.3 is 0 Å². The highest BCUT2D eigenvalue weighted by Crippen LogP contribution is 2.03. The summed E-state index contributed by atoms with van der Waals surface area (Å²) in [5, 5.41) is 3.34. The SMILES string of the molecule is Cc1cccnc1CCNC1=NCCN1C. The molecule has 0 saturated carbocycles. The lowest BCUT2D eigenvalue weighted by atomic mass is 10.2. The number of nitrogens with zero attached hydrogens (tertiary/aromatic N) is 3. The van der Waals surface area contributed by atoms with Crippen LogP contribution in [0.2, 0.25) is 0 Å². The van der Waals surface area contributed by atoms with Gasteiger partial charge in [-0.3, -0.25) is 9.98 Å². The minimum Gasteiger partial charge on any atom is -0.356 e. The number of pyridine rings is 1. The smallest absolute Gasteiger partial charge is 0.193 e. The Labute approximate surface area is 96.4 Å². The van der Waals surface area contributed by atoms with Gasteiger partial charge in [0.2, 0.25) is 0 Å². The first kappa shape index (κ1) is 10.9. The van der Waals surface area contributed by atoms with Gasteiger partial charge in [-0.2, -0.15) is 0 Å². The number of nitrogens with one attached hydrogen (secondary N) is 1. The fourth-order valence-corrected chi connectivity index (χ4v) is 1.80. The number of likely N-dealkylation sites (N-methyl/N-ethyl adjacent to an activating group) is 1. The van der Waals surface area contributed by atoms with Crippen LogP contribution in [0.25, 0.3) is 0 Å². The monoisotopic (exact) mass is 218 g/mol. The summed E-state index contributed by atoms with van der Waals surface area (Å²) in [6, 6.07) is 4.07. The minimum absolute atomic E-state index is 0.890. The topological polar surface area (TPSA) is 40.5 Å². The van der Waals surface area contributed by atoms with Crippen LogP contribution >= 0.6 is 0 Å². The first-order chi connectivity index (χ1) is 7.77. The number of guanidine groups is 1. The maximum absolute atomic E-state index is 4.38. The van der Waals surface area contributed by atoms with Gasteiger partial charge in [0.05, 0.1) is 6.54 Å². The van der Waals surface area contributed by atoms with Crippen LogP contribution in [0.1, 0.15) is 11.3 Å². The van der Waals surface area contributed by atoms with Gasteiger partial charge in [-0.1, -0.05) is 6.07 Å². The van der Waals surface area contributed by atoms with Crippen molar-refractivity contribution in [3.63, 3.8) is 0 Å². The van der Waals surface area contributed by atoms with Gasteiger partial charge in [0.1, 0.15) is 0 Å². The average molecular weight is 218 g/mol. The quantitative estimate of drug-likeness (QED) is 0.816. The largest absolute Gasteiger partial charge is 0.356 e. The number of aromatic nitrogens is 1. The summed E-state index contributed by atoms with van der Waals surface area (Å²) in [5.74, 6) is 1.01. The van der Waals surface area contributed by atoms with Gasteiger partial charge in [-0.05, 0) is 18.6 Å². The lowest BCUT2D eigenvalue weighted by Crippen LogP contribution is -2.36. The third kappa shape index (κ3) is 2.51. The summed E-state index contributed by atoms with van der Waals surface area (Å²) in [5.41, 5.74) is 2.42. The van der Waals surface area contributed by atoms with Crippen molar-refractivity contribution < 1.29 is 0 Å². The van der Waals surface area contributed by atoms with E-state index in [0.29, 0.717) is 0 Å². The molecular formula is C12H18N4. The van der Waals surface area contributed by atoms with Gasteiger partial charge in [0.15, 0.2) is 5.96 Å². The third-order valence-corrected chi connectivity index (χ3v) is 2.82. The molecule has 4 nitrogen and oxygen atoms in total. The van der Waals surface area contributed by atoms with E-state index in [1.165, 1.54) is 5.56 Å². The van der Waals surface area contributed by atoms with Crippen LogP contribution in [0.4, 0.5) is 0 Å².